The van der Waals surface area contributed by atoms with E-state index in [1.54, 1.807) is 0 Å². The van der Waals surface area contributed by atoms with Crippen molar-refractivity contribution in [2.24, 2.45) is 0 Å². The van der Waals surface area contributed by atoms with Gasteiger partial charge in [-0.2, -0.15) is 0 Å². The smallest absolute Gasteiger partial charge is 0.241 e. The average Bonchev–Trinajstić information content (AvgIpc) is 2.92. The maximum atomic E-state index is 12.2. The Labute approximate surface area is 112 Å². The molecule has 0 spiro atoms. The normalized spacial score (nSPS) is 18.7. The molecule has 2 heterocycles. The van der Waals surface area contributed by atoms with Crippen LogP contribution in [0.3, 0.4) is 0 Å². The van der Waals surface area contributed by atoms with E-state index in [1.807, 2.05) is 37.3 Å². The zero-order valence-electron chi connectivity index (χ0n) is 10.9. The van der Waals surface area contributed by atoms with Gasteiger partial charge >= 0.3 is 0 Å². The summed E-state index contributed by atoms with van der Waals surface area (Å²) in [5.74, 6) is 0.0493. The van der Waals surface area contributed by atoms with Gasteiger partial charge in [-0.1, -0.05) is 18.2 Å². The van der Waals surface area contributed by atoms with Gasteiger partial charge in [-0.15, -0.1) is 0 Å². The molecule has 0 bridgehead atoms. The van der Waals surface area contributed by atoms with Gasteiger partial charge in [0, 0.05) is 11.1 Å². The fourth-order valence-electron chi connectivity index (χ4n) is 2.54. The highest BCUT2D eigenvalue weighted by atomic mass is 16.2. The molecule has 1 aliphatic heterocycles. The van der Waals surface area contributed by atoms with Crippen molar-refractivity contribution < 1.29 is 4.79 Å². The summed E-state index contributed by atoms with van der Waals surface area (Å²) in [7, 11) is 0. The van der Waals surface area contributed by atoms with Crippen molar-refractivity contribution in [3.63, 3.8) is 0 Å². The quantitative estimate of drug-likeness (QED) is 0.865. The lowest BCUT2D eigenvalue weighted by molar-refractivity contribution is -0.117. The maximum Gasteiger partial charge on any atom is 0.241 e. The van der Waals surface area contributed by atoms with Gasteiger partial charge in [0.15, 0.2) is 0 Å². The second-order valence-electron chi connectivity index (χ2n) is 4.97. The minimum atomic E-state index is -0.0627. The Morgan fingerprint density at radius 3 is 3.05 bits per heavy atom. The van der Waals surface area contributed by atoms with Crippen LogP contribution in [0.2, 0.25) is 0 Å². The molecule has 4 nitrogen and oxygen atoms in total. The Bertz CT molecular complexity index is 618. The first-order chi connectivity index (χ1) is 9.24. The van der Waals surface area contributed by atoms with E-state index >= 15 is 0 Å². The number of rotatable bonds is 2. The Balaban J connectivity index is 1.93. The summed E-state index contributed by atoms with van der Waals surface area (Å²) in [6, 6.07) is 9.73. The molecule has 2 N–H and O–H groups in total. The van der Waals surface area contributed by atoms with E-state index in [1.165, 1.54) is 0 Å². The molecular weight excluding hydrogens is 238 g/mol. The lowest BCUT2D eigenvalue weighted by Gasteiger charge is -2.13. The monoisotopic (exact) mass is 255 g/mol. The van der Waals surface area contributed by atoms with Gasteiger partial charge in [0.2, 0.25) is 5.91 Å². The lowest BCUT2D eigenvalue weighted by Crippen LogP contribution is -2.35. The van der Waals surface area contributed by atoms with Gasteiger partial charge in [0.1, 0.15) is 0 Å². The van der Waals surface area contributed by atoms with Gasteiger partial charge in [-0.05, 0) is 38.4 Å². The molecule has 1 aliphatic rings. The van der Waals surface area contributed by atoms with Crippen LogP contribution in [-0.4, -0.2) is 23.5 Å². The van der Waals surface area contributed by atoms with Crippen LogP contribution in [0.15, 0.2) is 30.3 Å². The molecule has 4 heteroatoms. The van der Waals surface area contributed by atoms with Crippen molar-refractivity contribution in [1.82, 2.24) is 10.3 Å². The molecule has 1 aromatic heterocycles. The topological polar surface area (TPSA) is 54.0 Å². The molecule has 1 fully saturated rings. The molecule has 1 atom stereocenters. The van der Waals surface area contributed by atoms with Crippen molar-refractivity contribution in [2.45, 2.75) is 25.8 Å². The Morgan fingerprint density at radius 1 is 1.42 bits per heavy atom. The number of anilines is 1. The van der Waals surface area contributed by atoms with Crippen molar-refractivity contribution in [3.8, 4) is 0 Å². The molecule has 1 aromatic carbocycles. The number of nitrogens with zero attached hydrogens (tertiary/aromatic N) is 1. The largest absolute Gasteiger partial charge is 0.324 e. The lowest BCUT2D eigenvalue weighted by atomic mass is 10.1. The second-order valence-corrected chi connectivity index (χ2v) is 4.97. The first kappa shape index (κ1) is 12.1. The van der Waals surface area contributed by atoms with Crippen LogP contribution in [0.1, 0.15) is 18.5 Å². The number of para-hydroxylation sites is 1. The number of hydrogen-bond donors (Lipinski definition) is 2. The Morgan fingerprint density at radius 2 is 2.26 bits per heavy atom. The minimum absolute atomic E-state index is 0.0493. The second kappa shape index (κ2) is 4.97. The van der Waals surface area contributed by atoms with E-state index in [0.717, 1.165) is 41.7 Å². The molecule has 0 aliphatic carbocycles. The number of fused-ring (bicyclic) bond motifs is 1. The summed E-state index contributed by atoms with van der Waals surface area (Å²) in [4.78, 5) is 16.6. The molecule has 19 heavy (non-hydrogen) atoms. The first-order valence-electron chi connectivity index (χ1n) is 6.65. The molecule has 3 rings (SSSR count). The summed E-state index contributed by atoms with van der Waals surface area (Å²) in [5.41, 5.74) is 2.67. The number of aryl methyl sites for hydroxylation is 1. The van der Waals surface area contributed by atoms with E-state index in [2.05, 4.69) is 15.6 Å². The number of nitrogens with one attached hydrogen (secondary N) is 2. The van der Waals surface area contributed by atoms with Crippen LogP contribution in [0.5, 0.6) is 0 Å². The van der Waals surface area contributed by atoms with Crippen LogP contribution in [0, 0.1) is 6.92 Å². The van der Waals surface area contributed by atoms with E-state index < -0.39 is 0 Å². The number of pyridine rings is 1. The highest BCUT2D eigenvalue weighted by molar-refractivity contribution is 6.03. The zero-order valence-corrected chi connectivity index (χ0v) is 10.9. The third-order valence-electron chi connectivity index (χ3n) is 3.48. The Kier molecular flexibility index (Phi) is 3.17. The van der Waals surface area contributed by atoms with E-state index in [9.17, 15) is 4.79 Å². The standard InChI is InChI=1S/C15H17N3O/c1-10-9-14(11-5-2-3-6-12(11)17-10)18-15(19)13-7-4-8-16-13/h2-3,5-6,9,13,16H,4,7-8H2,1H3,(H,17,18,19). The highest BCUT2D eigenvalue weighted by Gasteiger charge is 2.22. The van der Waals surface area contributed by atoms with Crippen LogP contribution < -0.4 is 10.6 Å². The van der Waals surface area contributed by atoms with Gasteiger partial charge in [-0.25, -0.2) is 0 Å². The minimum Gasteiger partial charge on any atom is -0.324 e. The third kappa shape index (κ3) is 2.44. The van der Waals surface area contributed by atoms with Crippen molar-refractivity contribution in [1.29, 1.82) is 0 Å². The molecule has 98 valence electrons. The SMILES string of the molecule is Cc1cc(NC(=O)C2CCCN2)c2ccccc2n1. The van der Waals surface area contributed by atoms with Gasteiger partial charge in [0.25, 0.3) is 0 Å². The predicted molar refractivity (Wildman–Crippen MR) is 76.1 cm³/mol. The van der Waals surface area contributed by atoms with Crippen LogP contribution in [0.25, 0.3) is 10.9 Å². The van der Waals surface area contributed by atoms with Gasteiger partial charge in [-0.3, -0.25) is 9.78 Å². The van der Waals surface area contributed by atoms with E-state index in [4.69, 9.17) is 0 Å². The molecule has 2 aromatic rings. The summed E-state index contributed by atoms with van der Waals surface area (Å²) < 4.78 is 0. The molecule has 0 radical (unpaired) electrons. The van der Waals surface area contributed by atoms with Crippen LogP contribution >= 0.6 is 0 Å². The van der Waals surface area contributed by atoms with Crippen LogP contribution in [0.4, 0.5) is 5.69 Å². The molecule has 0 saturated carbocycles. The van der Waals surface area contributed by atoms with E-state index in [-0.39, 0.29) is 11.9 Å². The first-order valence-corrected chi connectivity index (χ1v) is 6.65. The molecule has 1 saturated heterocycles. The van der Waals surface area contributed by atoms with Gasteiger partial charge < -0.3 is 10.6 Å². The van der Waals surface area contributed by atoms with Crippen molar-refractivity contribution >= 4 is 22.5 Å². The number of carbonyl (C=O) groups is 1. The number of amides is 1. The van der Waals surface area contributed by atoms with Gasteiger partial charge in [0.05, 0.1) is 17.2 Å². The fourth-order valence-corrected chi connectivity index (χ4v) is 2.54. The molecule has 1 amide bonds. The van der Waals surface area contributed by atoms with Crippen LogP contribution in [-0.2, 0) is 4.79 Å². The molecule has 1 unspecified atom stereocenters. The predicted octanol–water partition coefficient (Wildman–Crippen LogP) is 2.23. The summed E-state index contributed by atoms with van der Waals surface area (Å²) in [6.45, 7) is 2.87. The number of carbonyl (C=O) groups excluding carboxylic acids is 1. The van der Waals surface area contributed by atoms with Crippen molar-refractivity contribution in [2.75, 3.05) is 11.9 Å². The summed E-state index contributed by atoms with van der Waals surface area (Å²) in [5, 5.41) is 7.22. The maximum absolute atomic E-state index is 12.2. The zero-order chi connectivity index (χ0) is 13.2. The molecular formula is C15H17N3O. The summed E-state index contributed by atoms with van der Waals surface area (Å²) in [6.07, 6.45) is 1.97. The fraction of sp³-hybridized carbons (Fsp3) is 0.333. The Hall–Kier alpha value is -1.94. The van der Waals surface area contributed by atoms with E-state index in [0.29, 0.717) is 0 Å². The highest BCUT2D eigenvalue weighted by Crippen LogP contribution is 2.23. The number of benzene rings is 1. The number of aromatic nitrogens is 1. The average molecular weight is 255 g/mol. The number of hydrogen-bond acceptors (Lipinski definition) is 3. The summed E-state index contributed by atoms with van der Waals surface area (Å²) >= 11 is 0. The third-order valence-corrected chi connectivity index (χ3v) is 3.48. The van der Waals surface area contributed by atoms with Crippen molar-refractivity contribution in [3.05, 3.63) is 36.0 Å².